The summed E-state index contributed by atoms with van der Waals surface area (Å²) in [7, 11) is 1.32. The number of ether oxygens (including phenoxy) is 2. The van der Waals surface area contributed by atoms with E-state index in [2.05, 4.69) is 15.0 Å². The van der Waals surface area contributed by atoms with E-state index in [0.29, 0.717) is 48.0 Å². The summed E-state index contributed by atoms with van der Waals surface area (Å²) in [6, 6.07) is 2.69. The van der Waals surface area contributed by atoms with Crippen molar-refractivity contribution in [2.24, 2.45) is 5.73 Å². The van der Waals surface area contributed by atoms with Gasteiger partial charge in [-0.15, -0.1) is 0 Å². The average molecular weight is 456 g/mol. The van der Waals surface area contributed by atoms with E-state index in [1.165, 1.54) is 19.4 Å². The number of carbonyl (C=O) groups is 1. The fourth-order valence-corrected chi connectivity index (χ4v) is 4.31. The molecular formula is C22H25FN6O4. The molecule has 0 atom stereocenters. The van der Waals surface area contributed by atoms with E-state index in [9.17, 15) is 14.0 Å². The van der Waals surface area contributed by atoms with Gasteiger partial charge in [0.25, 0.3) is 5.56 Å². The summed E-state index contributed by atoms with van der Waals surface area (Å²) in [5.74, 6) is -1.27. The maximum Gasteiger partial charge on any atom is 0.260 e. The summed E-state index contributed by atoms with van der Waals surface area (Å²) in [5.41, 5.74) is 12.4. The first-order valence-corrected chi connectivity index (χ1v) is 10.6. The second-order valence-corrected chi connectivity index (χ2v) is 8.06. The zero-order chi connectivity index (χ0) is 23.7. The molecule has 174 valence electrons. The van der Waals surface area contributed by atoms with E-state index in [0.717, 1.165) is 0 Å². The topological polar surface area (TPSA) is 148 Å². The molecule has 0 bridgehead atoms. The molecule has 0 unspecified atom stereocenters. The van der Waals surface area contributed by atoms with E-state index < -0.39 is 11.7 Å². The predicted molar refractivity (Wildman–Crippen MR) is 119 cm³/mol. The first kappa shape index (κ1) is 22.6. The highest BCUT2D eigenvalue weighted by molar-refractivity contribution is 5.84. The minimum Gasteiger partial charge on any atom is -0.479 e. The van der Waals surface area contributed by atoms with Crippen molar-refractivity contribution >= 4 is 22.9 Å². The molecule has 0 saturated heterocycles. The molecule has 1 aliphatic rings. The van der Waals surface area contributed by atoms with Crippen LogP contribution < -0.4 is 21.8 Å². The fourth-order valence-electron chi connectivity index (χ4n) is 4.31. The van der Waals surface area contributed by atoms with Gasteiger partial charge in [-0.1, -0.05) is 0 Å². The number of anilines is 1. The summed E-state index contributed by atoms with van der Waals surface area (Å²) in [4.78, 5) is 37.2. The van der Waals surface area contributed by atoms with Gasteiger partial charge in [-0.25, -0.2) is 14.4 Å². The number of aromatic nitrogens is 4. The Balaban J connectivity index is 1.80. The van der Waals surface area contributed by atoms with Crippen molar-refractivity contribution in [3.8, 4) is 17.0 Å². The van der Waals surface area contributed by atoms with Crippen molar-refractivity contribution in [2.75, 3.05) is 19.5 Å². The molecule has 3 aromatic rings. The Morgan fingerprint density at radius 2 is 1.97 bits per heavy atom. The van der Waals surface area contributed by atoms with Crippen LogP contribution in [0.5, 0.6) is 5.88 Å². The maximum atomic E-state index is 14.4. The number of rotatable bonds is 6. The molecule has 1 fully saturated rings. The summed E-state index contributed by atoms with van der Waals surface area (Å²) in [6.45, 7) is 1.65. The molecule has 3 aromatic heterocycles. The number of aryl methyl sites for hydroxylation is 1. The summed E-state index contributed by atoms with van der Waals surface area (Å²) >= 11 is 0. The number of hydrogen-bond acceptors (Lipinski definition) is 8. The average Bonchev–Trinajstić information content (AvgIpc) is 2.78. The monoisotopic (exact) mass is 456 g/mol. The van der Waals surface area contributed by atoms with Gasteiger partial charge in [-0.3, -0.25) is 14.2 Å². The largest absolute Gasteiger partial charge is 0.479 e. The number of amides is 1. The Morgan fingerprint density at radius 1 is 1.24 bits per heavy atom. The summed E-state index contributed by atoms with van der Waals surface area (Å²) < 4.78 is 26.4. The molecule has 0 aromatic carbocycles. The molecule has 0 radical (unpaired) electrons. The maximum absolute atomic E-state index is 14.4. The molecule has 1 saturated carbocycles. The van der Waals surface area contributed by atoms with E-state index in [4.69, 9.17) is 20.9 Å². The van der Waals surface area contributed by atoms with E-state index >= 15 is 0 Å². The highest BCUT2D eigenvalue weighted by Gasteiger charge is 2.27. The van der Waals surface area contributed by atoms with Gasteiger partial charge in [0.2, 0.25) is 17.7 Å². The Hall–Kier alpha value is -3.60. The van der Waals surface area contributed by atoms with Gasteiger partial charge in [0.1, 0.15) is 12.3 Å². The van der Waals surface area contributed by atoms with Gasteiger partial charge in [0.15, 0.2) is 5.82 Å². The lowest BCUT2D eigenvalue weighted by molar-refractivity contribution is -0.125. The molecule has 0 spiro atoms. The third-order valence-corrected chi connectivity index (χ3v) is 5.88. The fraction of sp³-hybridized carbons (Fsp3) is 0.409. The molecule has 3 heterocycles. The van der Waals surface area contributed by atoms with Gasteiger partial charge in [-0.2, -0.15) is 4.98 Å². The van der Waals surface area contributed by atoms with Crippen LogP contribution in [0.2, 0.25) is 0 Å². The molecule has 1 amide bonds. The first-order valence-electron chi connectivity index (χ1n) is 10.6. The Bertz CT molecular complexity index is 1270. The molecule has 11 heteroatoms. The quantitative estimate of drug-likeness (QED) is 0.571. The number of nitrogens with two attached hydrogens (primary N) is 2. The van der Waals surface area contributed by atoms with Crippen LogP contribution in [0.1, 0.15) is 37.4 Å². The number of fused-ring (bicyclic) bond motifs is 1. The van der Waals surface area contributed by atoms with E-state index in [-0.39, 0.29) is 41.7 Å². The van der Waals surface area contributed by atoms with Crippen LogP contribution in [0, 0.1) is 12.7 Å². The number of halogens is 1. The van der Waals surface area contributed by atoms with E-state index in [1.54, 1.807) is 17.6 Å². The van der Waals surface area contributed by atoms with Crippen LogP contribution in [0.3, 0.4) is 0 Å². The van der Waals surface area contributed by atoms with Crippen molar-refractivity contribution in [3.05, 3.63) is 40.2 Å². The van der Waals surface area contributed by atoms with Crippen molar-refractivity contribution < 1.29 is 18.7 Å². The number of carbonyl (C=O) groups excluding carboxylic acids is 1. The van der Waals surface area contributed by atoms with E-state index in [1.807, 2.05) is 0 Å². The Morgan fingerprint density at radius 3 is 2.61 bits per heavy atom. The zero-order valence-electron chi connectivity index (χ0n) is 18.4. The van der Waals surface area contributed by atoms with Gasteiger partial charge < -0.3 is 20.9 Å². The lowest BCUT2D eigenvalue weighted by atomic mass is 9.92. The molecule has 4 N–H and O–H groups in total. The van der Waals surface area contributed by atoms with Crippen LogP contribution in [-0.2, 0) is 9.53 Å². The number of methoxy groups -OCH3 is 1. The minimum atomic E-state index is -0.668. The highest BCUT2D eigenvalue weighted by atomic mass is 19.1. The smallest absolute Gasteiger partial charge is 0.260 e. The van der Waals surface area contributed by atoms with Gasteiger partial charge in [0.05, 0.1) is 18.9 Å². The van der Waals surface area contributed by atoms with Gasteiger partial charge in [0, 0.05) is 28.8 Å². The minimum absolute atomic E-state index is 0.0662. The number of primary amides is 1. The Kier molecular flexibility index (Phi) is 6.23. The standard InChI is InChI=1S/C22H25FN6O4/c1-11-15-8-16(12-7-17(23)20(32-2)26-9-12)21(31)29(19(15)28-22(25)27-11)13-3-5-14(6-4-13)33-10-18(24)30/h7-9,13-14H,3-6,10H2,1-2H3,(H2,24,30)(H2,25,27,28)/t13-,14+. The van der Waals surface area contributed by atoms with Gasteiger partial charge >= 0.3 is 0 Å². The molecule has 33 heavy (non-hydrogen) atoms. The third kappa shape index (κ3) is 4.49. The van der Waals surface area contributed by atoms with Crippen molar-refractivity contribution in [1.82, 2.24) is 19.5 Å². The highest BCUT2D eigenvalue weighted by Crippen LogP contribution is 2.33. The molecule has 4 rings (SSSR count). The summed E-state index contributed by atoms with van der Waals surface area (Å²) in [6.07, 6.45) is 3.83. The van der Waals surface area contributed by atoms with Crippen LogP contribution in [0.15, 0.2) is 23.1 Å². The Labute approximate surface area is 188 Å². The summed E-state index contributed by atoms with van der Waals surface area (Å²) in [5, 5.41) is 0.641. The number of nitrogens with zero attached hydrogens (tertiary/aromatic N) is 4. The van der Waals surface area contributed by atoms with Crippen LogP contribution in [0.4, 0.5) is 10.3 Å². The zero-order valence-corrected chi connectivity index (χ0v) is 18.4. The van der Waals surface area contributed by atoms with Crippen molar-refractivity contribution in [3.63, 3.8) is 0 Å². The molecular weight excluding hydrogens is 431 g/mol. The van der Waals surface area contributed by atoms with Crippen molar-refractivity contribution in [2.45, 2.75) is 44.8 Å². The van der Waals surface area contributed by atoms with Gasteiger partial charge in [-0.05, 0) is 44.7 Å². The third-order valence-electron chi connectivity index (χ3n) is 5.88. The first-order chi connectivity index (χ1) is 15.8. The SMILES string of the molecule is COc1ncc(-c2cc3c(C)nc(N)nc3n([C@H]3CC[C@@H](OCC(N)=O)CC3)c2=O)cc1F. The second-order valence-electron chi connectivity index (χ2n) is 8.06. The lowest BCUT2D eigenvalue weighted by Gasteiger charge is -2.30. The second kappa shape index (κ2) is 9.10. The van der Waals surface area contributed by atoms with Crippen LogP contribution >= 0.6 is 0 Å². The normalized spacial score (nSPS) is 18.4. The predicted octanol–water partition coefficient (Wildman–Crippen LogP) is 1.88. The molecule has 0 aliphatic heterocycles. The lowest BCUT2D eigenvalue weighted by Crippen LogP contribution is -2.33. The number of nitrogen functional groups attached to an aromatic ring is 1. The van der Waals surface area contributed by atoms with Crippen LogP contribution in [-0.4, -0.2) is 45.2 Å². The van der Waals surface area contributed by atoms with Crippen LogP contribution in [0.25, 0.3) is 22.2 Å². The molecule has 10 nitrogen and oxygen atoms in total. The number of hydrogen-bond donors (Lipinski definition) is 2. The number of pyridine rings is 2. The molecule has 1 aliphatic carbocycles. The van der Waals surface area contributed by atoms with Crippen molar-refractivity contribution in [1.29, 1.82) is 0 Å².